The average molecular weight is 194 g/mol. The number of aromatic nitrogens is 1. The second-order valence-corrected chi connectivity index (χ2v) is 2.91. The number of anilines is 1. The number of methoxy groups -OCH3 is 1. The Kier molecular flexibility index (Phi) is 3.45. The van der Waals surface area contributed by atoms with Gasteiger partial charge in [-0.3, -0.25) is 0 Å². The molecule has 1 heterocycles. The monoisotopic (exact) mass is 194 g/mol. The zero-order chi connectivity index (χ0) is 10.6. The molecule has 1 aromatic rings. The predicted molar refractivity (Wildman–Crippen MR) is 54.5 cm³/mol. The molecule has 4 heteroatoms. The first-order valence-corrected chi connectivity index (χ1v) is 4.44. The molecule has 0 bridgehead atoms. The third-order valence-corrected chi connectivity index (χ3v) is 2.03. The van der Waals surface area contributed by atoms with Crippen molar-refractivity contribution in [2.45, 2.75) is 6.92 Å². The second kappa shape index (κ2) is 4.60. The maximum Gasteiger partial charge on any atom is 0.338 e. The molecule has 0 saturated carbocycles. The Morgan fingerprint density at radius 1 is 1.64 bits per heavy atom. The molecule has 0 aliphatic carbocycles. The minimum atomic E-state index is -0.335. The minimum Gasteiger partial charge on any atom is -0.465 e. The van der Waals surface area contributed by atoms with Crippen molar-refractivity contribution in [3.8, 4) is 0 Å². The van der Waals surface area contributed by atoms with Crippen molar-refractivity contribution < 1.29 is 9.53 Å². The third-order valence-electron chi connectivity index (χ3n) is 2.03. The highest BCUT2D eigenvalue weighted by atomic mass is 16.5. The summed E-state index contributed by atoms with van der Waals surface area (Å²) in [6, 6.07) is 3.36. The van der Waals surface area contributed by atoms with Crippen molar-refractivity contribution in [2.24, 2.45) is 0 Å². The lowest BCUT2D eigenvalue weighted by atomic mass is 10.2. The molecule has 4 nitrogen and oxygen atoms in total. The topological polar surface area (TPSA) is 42.4 Å². The van der Waals surface area contributed by atoms with Crippen LogP contribution >= 0.6 is 0 Å². The SMILES string of the molecule is CCN(C)c1cc(C(=O)OC)ccn1. The van der Waals surface area contributed by atoms with Crippen LogP contribution in [0.2, 0.25) is 0 Å². The Labute approximate surface area is 83.5 Å². The normalized spacial score (nSPS) is 9.64. The average Bonchev–Trinajstić information content (AvgIpc) is 2.27. The largest absolute Gasteiger partial charge is 0.465 e. The smallest absolute Gasteiger partial charge is 0.338 e. The number of carbonyl (C=O) groups is 1. The first-order chi connectivity index (χ1) is 6.69. The molecule has 0 radical (unpaired) electrons. The van der Waals surface area contributed by atoms with Gasteiger partial charge in [0.15, 0.2) is 0 Å². The summed E-state index contributed by atoms with van der Waals surface area (Å²) in [5.74, 6) is 0.438. The molecular weight excluding hydrogens is 180 g/mol. The Morgan fingerprint density at radius 3 is 2.93 bits per heavy atom. The molecule has 0 amide bonds. The van der Waals surface area contributed by atoms with E-state index in [1.807, 2.05) is 18.9 Å². The summed E-state index contributed by atoms with van der Waals surface area (Å²) in [5, 5.41) is 0. The lowest BCUT2D eigenvalue weighted by Crippen LogP contribution is -2.17. The molecule has 0 unspecified atom stereocenters. The summed E-state index contributed by atoms with van der Waals surface area (Å²) >= 11 is 0. The summed E-state index contributed by atoms with van der Waals surface area (Å²) in [6.45, 7) is 2.87. The van der Waals surface area contributed by atoms with Crippen LogP contribution in [0.3, 0.4) is 0 Å². The van der Waals surface area contributed by atoms with Gasteiger partial charge in [0.05, 0.1) is 12.7 Å². The van der Waals surface area contributed by atoms with E-state index in [0.717, 1.165) is 12.4 Å². The fraction of sp³-hybridized carbons (Fsp3) is 0.400. The molecule has 14 heavy (non-hydrogen) atoms. The van der Waals surface area contributed by atoms with Crippen LogP contribution in [0.4, 0.5) is 5.82 Å². The number of hydrogen-bond donors (Lipinski definition) is 0. The molecule has 0 N–H and O–H groups in total. The van der Waals surface area contributed by atoms with Crippen molar-refractivity contribution in [3.63, 3.8) is 0 Å². The fourth-order valence-corrected chi connectivity index (χ4v) is 1.03. The Balaban J connectivity index is 2.95. The van der Waals surface area contributed by atoms with Gasteiger partial charge in [-0.1, -0.05) is 0 Å². The Morgan fingerprint density at radius 2 is 2.36 bits per heavy atom. The van der Waals surface area contributed by atoms with Crippen molar-refractivity contribution in [2.75, 3.05) is 25.6 Å². The van der Waals surface area contributed by atoms with Gasteiger partial charge in [0.1, 0.15) is 5.82 Å². The van der Waals surface area contributed by atoms with E-state index >= 15 is 0 Å². The first kappa shape index (κ1) is 10.5. The third kappa shape index (κ3) is 2.22. The van der Waals surface area contributed by atoms with Gasteiger partial charge in [-0.2, -0.15) is 0 Å². The van der Waals surface area contributed by atoms with Crippen molar-refractivity contribution in [3.05, 3.63) is 23.9 Å². The van der Waals surface area contributed by atoms with Gasteiger partial charge < -0.3 is 9.64 Å². The lowest BCUT2D eigenvalue weighted by molar-refractivity contribution is 0.0600. The van der Waals surface area contributed by atoms with E-state index in [-0.39, 0.29) is 5.97 Å². The number of carbonyl (C=O) groups excluding carboxylic acids is 1. The maximum absolute atomic E-state index is 11.2. The summed E-state index contributed by atoms with van der Waals surface area (Å²) in [4.78, 5) is 17.3. The Bertz CT molecular complexity index is 326. The quantitative estimate of drug-likeness (QED) is 0.681. The zero-order valence-electron chi connectivity index (χ0n) is 8.65. The highest BCUT2D eigenvalue weighted by Gasteiger charge is 2.07. The van der Waals surface area contributed by atoms with Crippen LogP contribution in [0, 0.1) is 0 Å². The van der Waals surface area contributed by atoms with Crippen molar-refractivity contribution in [1.82, 2.24) is 4.98 Å². The fourth-order valence-electron chi connectivity index (χ4n) is 1.03. The molecular formula is C10H14N2O2. The van der Waals surface area contributed by atoms with E-state index in [1.54, 1.807) is 18.3 Å². The van der Waals surface area contributed by atoms with Crippen LogP contribution in [0.1, 0.15) is 17.3 Å². The van der Waals surface area contributed by atoms with E-state index in [4.69, 9.17) is 0 Å². The zero-order valence-corrected chi connectivity index (χ0v) is 8.65. The standard InChI is InChI=1S/C10H14N2O2/c1-4-12(2)9-7-8(5-6-11-9)10(13)14-3/h5-7H,4H2,1-3H3. The van der Waals surface area contributed by atoms with Gasteiger partial charge in [-0.05, 0) is 19.1 Å². The van der Waals surface area contributed by atoms with Crippen LogP contribution in [0.5, 0.6) is 0 Å². The van der Waals surface area contributed by atoms with Crippen LogP contribution in [-0.2, 0) is 4.74 Å². The molecule has 1 aromatic heterocycles. The van der Waals surface area contributed by atoms with Crippen LogP contribution in [0.15, 0.2) is 18.3 Å². The molecule has 0 atom stereocenters. The lowest BCUT2D eigenvalue weighted by Gasteiger charge is -2.15. The number of pyridine rings is 1. The first-order valence-electron chi connectivity index (χ1n) is 4.44. The molecule has 0 fully saturated rings. The predicted octanol–water partition coefficient (Wildman–Crippen LogP) is 1.32. The summed E-state index contributed by atoms with van der Waals surface area (Å²) < 4.78 is 4.62. The number of nitrogens with zero attached hydrogens (tertiary/aromatic N) is 2. The molecule has 0 aliphatic heterocycles. The van der Waals surface area contributed by atoms with E-state index in [0.29, 0.717) is 5.56 Å². The number of hydrogen-bond acceptors (Lipinski definition) is 4. The van der Waals surface area contributed by atoms with E-state index in [9.17, 15) is 4.79 Å². The van der Waals surface area contributed by atoms with Crippen molar-refractivity contribution >= 4 is 11.8 Å². The summed E-state index contributed by atoms with van der Waals surface area (Å²) in [6.07, 6.45) is 1.60. The summed E-state index contributed by atoms with van der Waals surface area (Å²) in [7, 11) is 3.29. The van der Waals surface area contributed by atoms with Gasteiger partial charge in [-0.15, -0.1) is 0 Å². The van der Waals surface area contributed by atoms with Gasteiger partial charge in [0, 0.05) is 19.8 Å². The number of esters is 1. The second-order valence-electron chi connectivity index (χ2n) is 2.91. The van der Waals surface area contributed by atoms with Crippen LogP contribution in [0.25, 0.3) is 0 Å². The highest BCUT2D eigenvalue weighted by Crippen LogP contribution is 2.11. The van der Waals surface area contributed by atoms with Gasteiger partial charge in [0.25, 0.3) is 0 Å². The van der Waals surface area contributed by atoms with E-state index < -0.39 is 0 Å². The molecule has 0 aromatic carbocycles. The highest BCUT2D eigenvalue weighted by molar-refractivity contribution is 5.90. The molecule has 0 saturated heterocycles. The Hall–Kier alpha value is -1.58. The number of rotatable bonds is 3. The molecule has 76 valence electrons. The van der Waals surface area contributed by atoms with Crippen LogP contribution < -0.4 is 4.90 Å². The van der Waals surface area contributed by atoms with Crippen LogP contribution in [-0.4, -0.2) is 31.7 Å². The van der Waals surface area contributed by atoms with Crippen molar-refractivity contribution in [1.29, 1.82) is 0 Å². The molecule has 0 aliphatic rings. The summed E-state index contributed by atoms with van der Waals surface area (Å²) in [5.41, 5.74) is 0.526. The molecule has 1 rings (SSSR count). The maximum atomic E-state index is 11.2. The van der Waals surface area contributed by atoms with Gasteiger partial charge in [0.2, 0.25) is 0 Å². The van der Waals surface area contributed by atoms with E-state index in [1.165, 1.54) is 7.11 Å². The van der Waals surface area contributed by atoms with Gasteiger partial charge in [-0.25, -0.2) is 9.78 Å². The molecule has 0 spiro atoms. The number of ether oxygens (including phenoxy) is 1. The van der Waals surface area contributed by atoms with Gasteiger partial charge >= 0.3 is 5.97 Å². The minimum absolute atomic E-state index is 0.335. The van der Waals surface area contributed by atoms with E-state index in [2.05, 4.69) is 9.72 Å².